The van der Waals surface area contributed by atoms with Crippen LogP contribution in [0.5, 0.6) is 0 Å². The van der Waals surface area contributed by atoms with E-state index in [1.807, 2.05) is 25.7 Å². The first-order chi connectivity index (χ1) is 8.04. The van der Waals surface area contributed by atoms with Gasteiger partial charge in [-0.1, -0.05) is 19.1 Å². The number of aliphatic hydroxyl groups excluding tert-OH is 1. The number of likely N-dealkylation sites (N-methyl/N-ethyl adjacent to an activating group) is 2. The molecule has 0 fully saturated rings. The minimum Gasteiger partial charge on any atom is -0.396 e. The molecule has 4 heteroatoms. The minimum atomic E-state index is 0.135. The van der Waals surface area contributed by atoms with E-state index in [-0.39, 0.29) is 12.5 Å². The molecule has 4 nitrogen and oxygen atoms in total. The van der Waals surface area contributed by atoms with E-state index in [0.29, 0.717) is 26.1 Å². The predicted molar refractivity (Wildman–Crippen MR) is 70.9 cm³/mol. The quantitative estimate of drug-likeness (QED) is 0.616. The van der Waals surface area contributed by atoms with Crippen LogP contribution in [0.25, 0.3) is 0 Å². The number of hydrogen-bond donors (Lipinski definition) is 1. The first kappa shape index (κ1) is 16.1. The Morgan fingerprint density at radius 3 is 2.29 bits per heavy atom. The Bertz CT molecular complexity index is 242. The zero-order valence-corrected chi connectivity index (χ0v) is 11.4. The maximum atomic E-state index is 12.0. The Labute approximate surface area is 105 Å². The van der Waals surface area contributed by atoms with Crippen LogP contribution >= 0.6 is 0 Å². The number of rotatable bonds is 9. The second-order valence-electron chi connectivity index (χ2n) is 4.31. The van der Waals surface area contributed by atoms with E-state index >= 15 is 0 Å². The molecule has 0 atom stereocenters. The van der Waals surface area contributed by atoms with Crippen molar-refractivity contribution < 1.29 is 9.90 Å². The fraction of sp³-hybridized carbons (Fsp3) is 0.769. The summed E-state index contributed by atoms with van der Waals surface area (Å²) in [4.78, 5) is 15.9. The van der Waals surface area contributed by atoms with Crippen LogP contribution in [0.4, 0.5) is 0 Å². The molecular weight excluding hydrogens is 216 g/mol. The van der Waals surface area contributed by atoms with Gasteiger partial charge < -0.3 is 10.0 Å². The molecule has 0 aliphatic rings. The van der Waals surface area contributed by atoms with Gasteiger partial charge in [0.05, 0.1) is 6.54 Å². The second-order valence-corrected chi connectivity index (χ2v) is 4.31. The average molecular weight is 242 g/mol. The van der Waals surface area contributed by atoms with Crippen molar-refractivity contribution >= 4 is 5.91 Å². The lowest BCUT2D eigenvalue weighted by Crippen LogP contribution is -2.41. The number of amides is 1. The Morgan fingerprint density at radius 1 is 1.24 bits per heavy atom. The lowest BCUT2D eigenvalue weighted by molar-refractivity contribution is -0.131. The second kappa shape index (κ2) is 9.19. The Hall–Kier alpha value is -0.870. The van der Waals surface area contributed by atoms with Gasteiger partial charge in [-0.2, -0.15) is 0 Å². The third-order valence-electron chi connectivity index (χ3n) is 2.63. The molecule has 0 heterocycles. The fourth-order valence-corrected chi connectivity index (χ4v) is 1.64. The highest BCUT2D eigenvalue weighted by atomic mass is 16.3. The molecule has 17 heavy (non-hydrogen) atoms. The lowest BCUT2D eigenvalue weighted by atomic mass is 10.3. The minimum absolute atomic E-state index is 0.135. The van der Waals surface area contributed by atoms with Gasteiger partial charge in [-0.15, -0.1) is 0 Å². The van der Waals surface area contributed by atoms with E-state index in [1.54, 1.807) is 0 Å². The Kier molecular flexibility index (Phi) is 8.72. The lowest BCUT2D eigenvalue weighted by Gasteiger charge is -2.25. The fourth-order valence-electron chi connectivity index (χ4n) is 1.64. The molecule has 0 saturated heterocycles. The van der Waals surface area contributed by atoms with Gasteiger partial charge in [0.25, 0.3) is 0 Å². The van der Waals surface area contributed by atoms with E-state index in [2.05, 4.69) is 11.5 Å². The summed E-state index contributed by atoms with van der Waals surface area (Å²) >= 11 is 0. The average Bonchev–Trinajstić information content (AvgIpc) is 2.30. The predicted octanol–water partition coefficient (Wildman–Crippen LogP) is 1.12. The largest absolute Gasteiger partial charge is 0.396 e. The summed E-state index contributed by atoms with van der Waals surface area (Å²) in [5.41, 5.74) is 0.999. The maximum Gasteiger partial charge on any atom is 0.237 e. The third-order valence-corrected chi connectivity index (χ3v) is 2.63. The van der Waals surface area contributed by atoms with Gasteiger partial charge in [0.2, 0.25) is 5.91 Å². The molecule has 0 aliphatic carbocycles. The highest BCUT2D eigenvalue weighted by molar-refractivity contribution is 5.78. The van der Waals surface area contributed by atoms with Crippen LogP contribution in [-0.4, -0.2) is 60.1 Å². The van der Waals surface area contributed by atoms with Crippen LogP contribution in [-0.2, 0) is 4.79 Å². The Balaban J connectivity index is 4.21. The van der Waals surface area contributed by atoms with Gasteiger partial charge in [0.15, 0.2) is 0 Å². The molecule has 0 rings (SSSR count). The summed E-state index contributed by atoms with van der Waals surface area (Å²) in [5.74, 6) is 0.135. The van der Waals surface area contributed by atoms with Gasteiger partial charge in [-0.25, -0.2) is 0 Å². The summed E-state index contributed by atoms with van der Waals surface area (Å²) < 4.78 is 0. The molecule has 1 N–H and O–H groups in total. The van der Waals surface area contributed by atoms with Crippen LogP contribution in [0, 0.1) is 0 Å². The summed E-state index contributed by atoms with van der Waals surface area (Å²) in [7, 11) is 0. The standard InChI is InChI=1S/C13H26N2O2/c1-5-14(8-7-9-16)11-13(17)15(6-2)10-12(3)4/h16H,3,5-11H2,1-2,4H3. The van der Waals surface area contributed by atoms with Crippen LogP contribution in [0.15, 0.2) is 12.2 Å². The van der Waals surface area contributed by atoms with Crippen molar-refractivity contribution in [2.75, 3.05) is 39.3 Å². The smallest absolute Gasteiger partial charge is 0.237 e. The number of carbonyl (C=O) groups is 1. The molecule has 0 unspecified atom stereocenters. The molecule has 0 aromatic rings. The zero-order chi connectivity index (χ0) is 13.3. The molecule has 0 aliphatic heterocycles. The van der Waals surface area contributed by atoms with Crippen LogP contribution in [0.1, 0.15) is 27.2 Å². The van der Waals surface area contributed by atoms with Gasteiger partial charge in [0, 0.05) is 26.2 Å². The van der Waals surface area contributed by atoms with Crippen molar-refractivity contribution in [3.63, 3.8) is 0 Å². The Morgan fingerprint density at radius 2 is 1.88 bits per heavy atom. The van der Waals surface area contributed by atoms with Gasteiger partial charge in [-0.3, -0.25) is 9.69 Å². The van der Waals surface area contributed by atoms with Gasteiger partial charge >= 0.3 is 0 Å². The van der Waals surface area contributed by atoms with Crippen molar-refractivity contribution in [3.8, 4) is 0 Å². The van der Waals surface area contributed by atoms with E-state index in [0.717, 1.165) is 18.7 Å². The molecular formula is C13H26N2O2. The normalized spacial score (nSPS) is 10.6. The monoisotopic (exact) mass is 242 g/mol. The van der Waals surface area contributed by atoms with Crippen molar-refractivity contribution in [1.82, 2.24) is 9.80 Å². The summed E-state index contributed by atoms with van der Waals surface area (Å²) in [6, 6.07) is 0. The first-order valence-electron chi connectivity index (χ1n) is 6.30. The summed E-state index contributed by atoms with van der Waals surface area (Å²) in [6.45, 7) is 13.3. The topological polar surface area (TPSA) is 43.8 Å². The van der Waals surface area contributed by atoms with Crippen molar-refractivity contribution in [2.24, 2.45) is 0 Å². The maximum absolute atomic E-state index is 12.0. The van der Waals surface area contributed by atoms with E-state index < -0.39 is 0 Å². The number of carbonyl (C=O) groups excluding carboxylic acids is 1. The highest BCUT2D eigenvalue weighted by Crippen LogP contribution is 1.99. The molecule has 1 amide bonds. The van der Waals surface area contributed by atoms with Gasteiger partial charge in [-0.05, 0) is 26.8 Å². The molecule has 0 aromatic heterocycles. The van der Waals surface area contributed by atoms with Crippen molar-refractivity contribution in [2.45, 2.75) is 27.2 Å². The molecule has 0 saturated carbocycles. The van der Waals surface area contributed by atoms with E-state index in [9.17, 15) is 4.79 Å². The summed E-state index contributed by atoms with van der Waals surface area (Å²) in [5, 5.41) is 8.79. The molecule has 0 radical (unpaired) electrons. The zero-order valence-electron chi connectivity index (χ0n) is 11.4. The molecule has 0 spiro atoms. The van der Waals surface area contributed by atoms with Crippen LogP contribution in [0.2, 0.25) is 0 Å². The number of nitrogens with zero attached hydrogens (tertiary/aromatic N) is 2. The molecule has 0 aromatic carbocycles. The van der Waals surface area contributed by atoms with E-state index in [1.165, 1.54) is 0 Å². The van der Waals surface area contributed by atoms with E-state index in [4.69, 9.17) is 5.11 Å². The van der Waals surface area contributed by atoms with Gasteiger partial charge in [0.1, 0.15) is 0 Å². The third kappa shape index (κ3) is 7.13. The van der Waals surface area contributed by atoms with Crippen molar-refractivity contribution in [1.29, 1.82) is 0 Å². The number of hydrogen-bond acceptors (Lipinski definition) is 3. The SMILES string of the molecule is C=C(C)CN(CC)C(=O)CN(CC)CCCO. The van der Waals surface area contributed by atoms with Crippen LogP contribution < -0.4 is 0 Å². The first-order valence-corrected chi connectivity index (χ1v) is 6.30. The number of aliphatic hydroxyl groups is 1. The summed E-state index contributed by atoms with van der Waals surface area (Å²) in [6.07, 6.45) is 0.716. The molecule has 100 valence electrons. The van der Waals surface area contributed by atoms with Crippen LogP contribution in [0.3, 0.4) is 0 Å². The molecule has 0 bridgehead atoms. The van der Waals surface area contributed by atoms with Crippen molar-refractivity contribution in [3.05, 3.63) is 12.2 Å². The highest BCUT2D eigenvalue weighted by Gasteiger charge is 2.14.